The van der Waals surface area contributed by atoms with Crippen LogP contribution in [0.4, 0.5) is 0 Å². The van der Waals surface area contributed by atoms with Gasteiger partial charge in [-0.25, -0.2) is 5.10 Å². The van der Waals surface area contributed by atoms with Gasteiger partial charge in [0.05, 0.1) is 5.69 Å². The van der Waals surface area contributed by atoms with Crippen molar-refractivity contribution < 1.29 is 0 Å². The Morgan fingerprint density at radius 1 is 1.25 bits per heavy atom. The van der Waals surface area contributed by atoms with Gasteiger partial charge in [-0.3, -0.25) is 4.79 Å². The molecule has 0 fully saturated rings. The third-order valence-corrected chi connectivity index (χ3v) is 2.86. The summed E-state index contributed by atoms with van der Waals surface area (Å²) >= 11 is 5.92. The van der Waals surface area contributed by atoms with Crippen LogP contribution in [-0.4, -0.2) is 10.2 Å². The molecule has 3 nitrogen and oxygen atoms in total. The molecule has 82 valence electrons. The van der Waals surface area contributed by atoms with Crippen LogP contribution in [-0.2, 0) is 0 Å². The summed E-state index contributed by atoms with van der Waals surface area (Å²) in [6, 6.07) is 7.41. The number of rotatable bonds is 1. The highest BCUT2D eigenvalue weighted by Crippen LogP contribution is 2.23. The van der Waals surface area contributed by atoms with Crippen LogP contribution in [0, 0.1) is 13.8 Å². The second-order valence-corrected chi connectivity index (χ2v) is 4.10. The molecule has 4 heteroatoms. The highest BCUT2D eigenvalue weighted by atomic mass is 35.5. The molecule has 2 aromatic rings. The molecule has 1 N–H and O–H groups in total. The van der Waals surface area contributed by atoms with E-state index in [2.05, 4.69) is 10.2 Å². The van der Waals surface area contributed by atoms with Crippen LogP contribution >= 0.6 is 11.6 Å². The Kier molecular flexibility index (Phi) is 2.79. The van der Waals surface area contributed by atoms with Crippen LogP contribution in [0.3, 0.4) is 0 Å². The molecule has 0 aliphatic carbocycles. The Morgan fingerprint density at radius 3 is 2.69 bits per heavy atom. The zero-order valence-electron chi connectivity index (χ0n) is 9.04. The van der Waals surface area contributed by atoms with E-state index >= 15 is 0 Å². The molecule has 1 heterocycles. The molecule has 1 aromatic heterocycles. The van der Waals surface area contributed by atoms with E-state index in [4.69, 9.17) is 11.6 Å². The lowest BCUT2D eigenvalue weighted by Gasteiger charge is -2.06. The second kappa shape index (κ2) is 4.10. The van der Waals surface area contributed by atoms with Crippen molar-refractivity contribution in [3.05, 3.63) is 50.8 Å². The zero-order chi connectivity index (χ0) is 11.7. The van der Waals surface area contributed by atoms with Gasteiger partial charge >= 0.3 is 0 Å². The van der Waals surface area contributed by atoms with E-state index in [0.29, 0.717) is 10.6 Å². The van der Waals surface area contributed by atoms with Gasteiger partial charge in [-0.15, -0.1) is 0 Å². The van der Waals surface area contributed by atoms with Crippen molar-refractivity contribution >= 4 is 11.6 Å². The van der Waals surface area contributed by atoms with Gasteiger partial charge in [0.2, 0.25) is 0 Å². The van der Waals surface area contributed by atoms with E-state index in [9.17, 15) is 4.79 Å². The van der Waals surface area contributed by atoms with Crippen molar-refractivity contribution in [2.75, 3.05) is 0 Å². The Balaban J connectivity index is 2.66. The Bertz CT molecular complexity index is 590. The molecule has 1 aromatic carbocycles. The lowest BCUT2D eigenvalue weighted by Crippen LogP contribution is -2.14. The van der Waals surface area contributed by atoms with Crippen molar-refractivity contribution in [1.29, 1.82) is 0 Å². The summed E-state index contributed by atoms with van der Waals surface area (Å²) in [6.45, 7) is 3.66. The minimum atomic E-state index is -0.150. The molecule has 16 heavy (non-hydrogen) atoms. The van der Waals surface area contributed by atoms with Crippen LogP contribution in [0.5, 0.6) is 0 Å². The number of benzene rings is 1. The zero-order valence-corrected chi connectivity index (χ0v) is 9.80. The lowest BCUT2D eigenvalue weighted by molar-refractivity contribution is 0.959. The fraction of sp³-hybridized carbons (Fsp3) is 0.167. The maximum Gasteiger partial charge on any atom is 0.267 e. The lowest BCUT2D eigenvalue weighted by atomic mass is 10.0. The maximum absolute atomic E-state index is 11.3. The molecule has 0 aliphatic heterocycles. The molecule has 0 bridgehead atoms. The average Bonchev–Trinajstić information content (AvgIpc) is 2.26. The number of nitrogens with one attached hydrogen (secondary N) is 1. The van der Waals surface area contributed by atoms with E-state index in [1.165, 1.54) is 0 Å². The number of aromatic amines is 1. The van der Waals surface area contributed by atoms with Gasteiger partial charge in [0.25, 0.3) is 5.56 Å². The molecule has 0 amide bonds. The summed E-state index contributed by atoms with van der Waals surface area (Å²) < 4.78 is 0. The highest BCUT2D eigenvalue weighted by molar-refractivity contribution is 6.30. The molecule has 0 saturated carbocycles. The standard InChI is InChI=1S/C12H11ClN2O/c1-7-8(2)12(16)15-14-11(7)9-4-3-5-10(13)6-9/h3-6H,1-2H3,(H,15,16). The van der Waals surface area contributed by atoms with Crippen LogP contribution < -0.4 is 5.56 Å². The van der Waals surface area contributed by atoms with Crippen LogP contribution in [0.2, 0.25) is 5.02 Å². The smallest absolute Gasteiger partial charge is 0.267 e. The monoisotopic (exact) mass is 234 g/mol. The minimum Gasteiger partial charge on any atom is -0.268 e. The van der Waals surface area contributed by atoms with Gasteiger partial charge < -0.3 is 0 Å². The van der Waals surface area contributed by atoms with Gasteiger partial charge in [0.15, 0.2) is 0 Å². The number of H-pyrrole nitrogens is 1. The summed E-state index contributed by atoms with van der Waals surface area (Å²) in [7, 11) is 0. The predicted octanol–water partition coefficient (Wildman–Crippen LogP) is 2.71. The van der Waals surface area contributed by atoms with Crippen LogP contribution in [0.15, 0.2) is 29.1 Å². The first-order valence-electron chi connectivity index (χ1n) is 4.91. The fourth-order valence-electron chi connectivity index (χ4n) is 1.54. The molecule has 2 rings (SSSR count). The first-order chi connectivity index (χ1) is 7.59. The predicted molar refractivity (Wildman–Crippen MR) is 64.8 cm³/mol. The number of nitrogens with zero attached hydrogens (tertiary/aromatic N) is 1. The Hall–Kier alpha value is -1.61. The fourth-order valence-corrected chi connectivity index (χ4v) is 1.73. The van der Waals surface area contributed by atoms with Crippen molar-refractivity contribution in [1.82, 2.24) is 10.2 Å². The minimum absolute atomic E-state index is 0.150. The van der Waals surface area contributed by atoms with Crippen molar-refractivity contribution in [2.24, 2.45) is 0 Å². The summed E-state index contributed by atoms with van der Waals surface area (Å²) in [4.78, 5) is 11.3. The average molecular weight is 235 g/mol. The van der Waals surface area contributed by atoms with Crippen molar-refractivity contribution in [3.8, 4) is 11.3 Å². The number of aromatic nitrogens is 2. The van der Waals surface area contributed by atoms with E-state index in [1.807, 2.05) is 25.1 Å². The highest BCUT2D eigenvalue weighted by Gasteiger charge is 2.08. The van der Waals surface area contributed by atoms with Crippen molar-refractivity contribution in [2.45, 2.75) is 13.8 Å². The number of hydrogen-bond donors (Lipinski definition) is 1. The molecule has 0 spiro atoms. The van der Waals surface area contributed by atoms with Crippen LogP contribution in [0.1, 0.15) is 11.1 Å². The largest absolute Gasteiger partial charge is 0.268 e. The number of halogens is 1. The SMILES string of the molecule is Cc1c(-c2cccc(Cl)c2)n[nH]c(=O)c1C. The summed E-state index contributed by atoms with van der Waals surface area (Å²) in [5, 5.41) is 7.19. The Labute approximate surface area is 98.1 Å². The summed E-state index contributed by atoms with van der Waals surface area (Å²) in [5.41, 5.74) is 3.09. The first kappa shape index (κ1) is 10.9. The van der Waals surface area contributed by atoms with Crippen LogP contribution in [0.25, 0.3) is 11.3 Å². The van der Waals surface area contributed by atoms with E-state index in [-0.39, 0.29) is 5.56 Å². The molecule has 0 atom stereocenters. The van der Waals surface area contributed by atoms with E-state index in [0.717, 1.165) is 16.8 Å². The Morgan fingerprint density at radius 2 is 2.00 bits per heavy atom. The van der Waals surface area contributed by atoms with Gasteiger partial charge in [0, 0.05) is 16.1 Å². The summed E-state index contributed by atoms with van der Waals surface area (Å²) in [6.07, 6.45) is 0. The molecule has 0 radical (unpaired) electrons. The van der Waals surface area contributed by atoms with Gasteiger partial charge in [-0.2, -0.15) is 5.10 Å². The third-order valence-electron chi connectivity index (χ3n) is 2.63. The molecule has 0 saturated heterocycles. The van der Waals surface area contributed by atoms with E-state index < -0.39 is 0 Å². The van der Waals surface area contributed by atoms with Gasteiger partial charge in [-0.1, -0.05) is 23.7 Å². The topological polar surface area (TPSA) is 45.8 Å². The molecule has 0 unspecified atom stereocenters. The number of hydrogen-bond acceptors (Lipinski definition) is 2. The normalized spacial score (nSPS) is 10.4. The second-order valence-electron chi connectivity index (χ2n) is 3.66. The third kappa shape index (κ3) is 1.86. The maximum atomic E-state index is 11.3. The molecular weight excluding hydrogens is 224 g/mol. The first-order valence-corrected chi connectivity index (χ1v) is 5.29. The summed E-state index contributed by atoms with van der Waals surface area (Å²) in [5.74, 6) is 0. The molecular formula is C12H11ClN2O. The van der Waals surface area contributed by atoms with E-state index in [1.54, 1.807) is 13.0 Å². The van der Waals surface area contributed by atoms with Gasteiger partial charge in [0.1, 0.15) is 0 Å². The van der Waals surface area contributed by atoms with Gasteiger partial charge in [-0.05, 0) is 31.5 Å². The van der Waals surface area contributed by atoms with Crippen molar-refractivity contribution in [3.63, 3.8) is 0 Å². The quantitative estimate of drug-likeness (QED) is 0.825. The molecule has 0 aliphatic rings.